The largest absolute Gasteiger partial charge is 0.379 e. The third-order valence-electron chi connectivity index (χ3n) is 4.22. The third-order valence-corrected chi connectivity index (χ3v) is 4.22. The monoisotopic (exact) mass is 315 g/mol. The van der Waals surface area contributed by atoms with Gasteiger partial charge < -0.3 is 10.1 Å². The minimum absolute atomic E-state index is 0.0947. The van der Waals surface area contributed by atoms with E-state index in [0.29, 0.717) is 19.8 Å². The fraction of sp³-hybridized carbons (Fsp3) is 0.556. The van der Waals surface area contributed by atoms with Gasteiger partial charge in [0, 0.05) is 19.6 Å². The summed E-state index contributed by atoms with van der Waals surface area (Å²) in [6.07, 6.45) is 0. The molecule has 124 valence electrons. The Bertz CT molecular complexity index is 586. The highest BCUT2D eigenvalue weighted by molar-refractivity contribution is 5.84. The fourth-order valence-electron chi connectivity index (χ4n) is 2.69. The van der Waals surface area contributed by atoms with Gasteiger partial charge in [-0.1, -0.05) is 29.8 Å². The van der Waals surface area contributed by atoms with E-state index in [0.717, 1.165) is 13.1 Å². The number of nitrogens with one attached hydrogen (secondary N) is 1. The smallest absolute Gasteiger partial charge is 0.239 e. The molecule has 0 aromatic heterocycles. The maximum absolute atomic E-state index is 12.2. The van der Waals surface area contributed by atoms with E-state index in [1.807, 2.05) is 12.1 Å². The Morgan fingerprint density at radius 1 is 1.43 bits per heavy atom. The molecule has 1 fully saturated rings. The normalized spacial score (nSPS) is 17.3. The molecule has 1 aliphatic heterocycles. The Balaban J connectivity index is 2.14. The van der Waals surface area contributed by atoms with Gasteiger partial charge in [0.2, 0.25) is 5.91 Å². The SMILES string of the molecule is Cc1cccc(C(CNC(=O)C(C)(C)C#N)N2CCOCC2)c1. The number of amides is 1. The Hall–Kier alpha value is -1.90. The number of morpholine rings is 1. The molecule has 0 bridgehead atoms. The molecule has 1 unspecified atom stereocenters. The first kappa shape index (κ1) is 17.5. The second kappa shape index (κ2) is 7.58. The van der Waals surface area contributed by atoms with Crippen LogP contribution in [0.3, 0.4) is 0 Å². The molecule has 5 heteroatoms. The van der Waals surface area contributed by atoms with Crippen LogP contribution in [0.15, 0.2) is 24.3 Å². The molecule has 1 amide bonds. The average Bonchev–Trinajstić information content (AvgIpc) is 2.56. The predicted molar refractivity (Wildman–Crippen MR) is 88.7 cm³/mol. The summed E-state index contributed by atoms with van der Waals surface area (Å²) >= 11 is 0. The van der Waals surface area contributed by atoms with Crippen LogP contribution in [0.25, 0.3) is 0 Å². The van der Waals surface area contributed by atoms with Crippen LogP contribution in [0.4, 0.5) is 0 Å². The van der Waals surface area contributed by atoms with Crippen LogP contribution >= 0.6 is 0 Å². The van der Waals surface area contributed by atoms with Gasteiger partial charge in [0.15, 0.2) is 0 Å². The first-order valence-electron chi connectivity index (χ1n) is 8.02. The molecule has 0 spiro atoms. The molecule has 1 atom stereocenters. The Kier molecular flexibility index (Phi) is 5.75. The molecule has 1 N–H and O–H groups in total. The zero-order chi connectivity index (χ0) is 16.9. The van der Waals surface area contributed by atoms with Crippen molar-refractivity contribution in [2.75, 3.05) is 32.8 Å². The first-order chi connectivity index (χ1) is 10.9. The zero-order valence-electron chi connectivity index (χ0n) is 14.1. The number of hydrogen-bond donors (Lipinski definition) is 1. The van der Waals surface area contributed by atoms with Crippen LogP contribution < -0.4 is 5.32 Å². The minimum Gasteiger partial charge on any atom is -0.379 e. The maximum atomic E-state index is 12.2. The van der Waals surface area contributed by atoms with Gasteiger partial charge in [-0.3, -0.25) is 9.69 Å². The third kappa shape index (κ3) is 4.54. The number of carbonyl (C=O) groups is 1. The molecule has 1 aliphatic rings. The number of nitrogens with zero attached hydrogens (tertiary/aromatic N) is 2. The fourth-order valence-corrected chi connectivity index (χ4v) is 2.69. The highest BCUT2D eigenvalue weighted by atomic mass is 16.5. The summed E-state index contributed by atoms with van der Waals surface area (Å²) in [6, 6.07) is 10.5. The molecular weight excluding hydrogens is 290 g/mol. The van der Waals surface area contributed by atoms with Gasteiger partial charge in [-0.25, -0.2) is 0 Å². The molecule has 2 rings (SSSR count). The van der Waals surface area contributed by atoms with Gasteiger partial charge >= 0.3 is 0 Å². The number of aryl methyl sites for hydroxylation is 1. The molecule has 1 heterocycles. The highest BCUT2D eigenvalue weighted by Crippen LogP contribution is 2.23. The van der Waals surface area contributed by atoms with Gasteiger partial charge in [-0.05, 0) is 26.3 Å². The molecular formula is C18H25N3O2. The van der Waals surface area contributed by atoms with Crippen LogP contribution in [-0.4, -0.2) is 43.7 Å². The topological polar surface area (TPSA) is 65.4 Å². The lowest BCUT2D eigenvalue weighted by atomic mass is 9.94. The van der Waals surface area contributed by atoms with E-state index in [1.54, 1.807) is 13.8 Å². The van der Waals surface area contributed by atoms with Crippen molar-refractivity contribution >= 4 is 5.91 Å². The van der Waals surface area contributed by atoms with E-state index in [4.69, 9.17) is 10.00 Å². The predicted octanol–water partition coefficient (Wildman–Crippen LogP) is 2.03. The summed E-state index contributed by atoms with van der Waals surface area (Å²) < 4.78 is 5.43. The molecule has 23 heavy (non-hydrogen) atoms. The van der Waals surface area contributed by atoms with Crippen molar-refractivity contribution < 1.29 is 9.53 Å². The van der Waals surface area contributed by atoms with Crippen molar-refractivity contribution in [1.82, 2.24) is 10.2 Å². The van der Waals surface area contributed by atoms with Crippen molar-refractivity contribution in [3.8, 4) is 6.07 Å². The van der Waals surface area contributed by atoms with Crippen molar-refractivity contribution in [1.29, 1.82) is 5.26 Å². The number of benzene rings is 1. The van der Waals surface area contributed by atoms with Gasteiger partial charge in [-0.15, -0.1) is 0 Å². The number of ether oxygens (including phenoxy) is 1. The van der Waals surface area contributed by atoms with Crippen molar-refractivity contribution in [3.63, 3.8) is 0 Å². The minimum atomic E-state index is -1.01. The second-order valence-corrected chi connectivity index (χ2v) is 6.53. The molecule has 1 aromatic carbocycles. The lowest BCUT2D eigenvalue weighted by Gasteiger charge is -2.35. The summed E-state index contributed by atoms with van der Waals surface area (Å²) in [5.74, 6) is -0.231. The molecule has 1 aromatic rings. The van der Waals surface area contributed by atoms with E-state index >= 15 is 0 Å². The molecule has 1 saturated heterocycles. The lowest BCUT2D eigenvalue weighted by Crippen LogP contribution is -2.45. The van der Waals surface area contributed by atoms with Crippen molar-refractivity contribution in [2.45, 2.75) is 26.8 Å². The van der Waals surface area contributed by atoms with Crippen LogP contribution in [0.5, 0.6) is 0 Å². The van der Waals surface area contributed by atoms with Crippen LogP contribution in [0.2, 0.25) is 0 Å². The van der Waals surface area contributed by atoms with Gasteiger partial charge in [0.25, 0.3) is 0 Å². The van der Waals surface area contributed by atoms with Gasteiger partial charge in [-0.2, -0.15) is 5.26 Å². The summed E-state index contributed by atoms with van der Waals surface area (Å²) in [5, 5.41) is 12.0. The quantitative estimate of drug-likeness (QED) is 0.903. The summed E-state index contributed by atoms with van der Waals surface area (Å²) in [5.41, 5.74) is 1.37. The number of rotatable bonds is 5. The average molecular weight is 315 g/mol. The molecule has 5 nitrogen and oxygen atoms in total. The van der Waals surface area contributed by atoms with Crippen molar-refractivity contribution in [2.24, 2.45) is 5.41 Å². The van der Waals surface area contributed by atoms with E-state index in [-0.39, 0.29) is 11.9 Å². The first-order valence-corrected chi connectivity index (χ1v) is 8.02. The van der Waals surface area contributed by atoms with Crippen LogP contribution in [0, 0.1) is 23.7 Å². The summed E-state index contributed by atoms with van der Waals surface area (Å²) in [6.45, 7) is 8.94. The lowest BCUT2D eigenvalue weighted by molar-refractivity contribution is -0.127. The molecule has 0 aliphatic carbocycles. The van der Waals surface area contributed by atoms with Gasteiger partial charge in [0.1, 0.15) is 5.41 Å². The van der Waals surface area contributed by atoms with E-state index in [2.05, 4.69) is 35.3 Å². The number of carbonyl (C=O) groups excluding carboxylic acids is 1. The highest BCUT2D eigenvalue weighted by Gasteiger charge is 2.29. The van der Waals surface area contributed by atoms with Crippen LogP contribution in [-0.2, 0) is 9.53 Å². The summed E-state index contributed by atoms with van der Waals surface area (Å²) in [4.78, 5) is 14.5. The number of nitriles is 1. The number of hydrogen-bond acceptors (Lipinski definition) is 4. The summed E-state index contributed by atoms with van der Waals surface area (Å²) in [7, 11) is 0. The Morgan fingerprint density at radius 2 is 2.13 bits per heavy atom. The van der Waals surface area contributed by atoms with E-state index < -0.39 is 5.41 Å². The van der Waals surface area contributed by atoms with E-state index in [9.17, 15) is 4.79 Å². The Labute approximate surface area is 138 Å². The van der Waals surface area contributed by atoms with Crippen molar-refractivity contribution in [3.05, 3.63) is 35.4 Å². The molecule has 0 radical (unpaired) electrons. The Morgan fingerprint density at radius 3 is 2.74 bits per heavy atom. The second-order valence-electron chi connectivity index (χ2n) is 6.53. The van der Waals surface area contributed by atoms with Crippen LogP contribution in [0.1, 0.15) is 31.0 Å². The zero-order valence-corrected chi connectivity index (χ0v) is 14.1. The standard InChI is InChI=1S/C18H25N3O2/c1-14-5-4-6-15(11-14)16(21-7-9-23-10-8-21)12-20-17(22)18(2,3)13-19/h4-6,11,16H,7-10,12H2,1-3H3,(H,20,22). The van der Waals surface area contributed by atoms with Gasteiger partial charge in [0.05, 0.1) is 25.3 Å². The van der Waals surface area contributed by atoms with E-state index in [1.165, 1.54) is 11.1 Å². The maximum Gasteiger partial charge on any atom is 0.239 e. The molecule has 0 saturated carbocycles.